The molecular weight excluding hydrogens is 298 g/mol. The van der Waals surface area contributed by atoms with E-state index in [4.69, 9.17) is 11.6 Å². The smallest absolute Gasteiger partial charge is 0.281 e. The summed E-state index contributed by atoms with van der Waals surface area (Å²) in [6.07, 6.45) is -9.88. The number of benzene rings is 1. The SMILES string of the molecule is CC(C(=O)Cl)c1cc(C(F)(F)F)cc(C(F)(F)F)c1. The maximum absolute atomic E-state index is 12.5. The average molecular weight is 305 g/mol. The van der Waals surface area contributed by atoms with Crippen molar-refractivity contribution >= 4 is 16.8 Å². The third-order valence-corrected chi connectivity index (χ3v) is 2.78. The fraction of sp³-hybridized carbons (Fsp3) is 0.364. The van der Waals surface area contributed by atoms with Crippen LogP contribution in [0, 0.1) is 0 Å². The molecule has 1 unspecified atom stereocenters. The normalized spacial score (nSPS) is 14.3. The molecule has 19 heavy (non-hydrogen) atoms. The van der Waals surface area contributed by atoms with Gasteiger partial charge in [-0.25, -0.2) is 0 Å². The molecule has 0 saturated heterocycles. The summed E-state index contributed by atoms with van der Waals surface area (Å²) in [5.41, 5.74) is -3.37. The van der Waals surface area contributed by atoms with Gasteiger partial charge in [-0.2, -0.15) is 26.3 Å². The van der Waals surface area contributed by atoms with Crippen molar-refractivity contribution in [1.82, 2.24) is 0 Å². The average Bonchev–Trinajstić information content (AvgIpc) is 2.24. The predicted molar refractivity (Wildman–Crippen MR) is 55.7 cm³/mol. The van der Waals surface area contributed by atoms with Crippen LogP contribution in [-0.4, -0.2) is 5.24 Å². The quantitative estimate of drug-likeness (QED) is 0.577. The van der Waals surface area contributed by atoms with E-state index < -0.39 is 40.2 Å². The zero-order valence-corrected chi connectivity index (χ0v) is 10.1. The van der Waals surface area contributed by atoms with E-state index in [1.165, 1.54) is 0 Å². The highest BCUT2D eigenvalue weighted by Crippen LogP contribution is 2.37. The highest BCUT2D eigenvalue weighted by atomic mass is 35.5. The highest BCUT2D eigenvalue weighted by Gasteiger charge is 2.37. The van der Waals surface area contributed by atoms with E-state index in [1.54, 1.807) is 0 Å². The summed E-state index contributed by atoms with van der Waals surface area (Å²) in [5.74, 6) is -1.26. The summed E-state index contributed by atoms with van der Waals surface area (Å²) < 4.78 is 75.1. The van der Waals surface area contributed by atoms with Gasteiger partial charge in [0.1, 0.15) is 0 Å². The summed E-state index contributed by atoms with van der Waals surface area (Å²) >= 11 is 5.09. The van der Waals surface area contributed by atoms with Crippen LogP contribution < -0.4 is 0 Å². The Labute approximate surface area is 109 Å². The number of carbonyl (C=O) groups excluding carboxylic acids is 1. The Hall–Kier alpha value is -1.24. The molecule has 0 bridgehead atoms. The lowest BCUT2D eigenvalue weighted by molar-refractivity contribution is -0.143. The first-order chi connectivity index (χ1) is 8.43. The molecule has 0 heterocycles. The first kappa shape index (κ1) is 15.8. The number of halogens is 7. The molecule has 0 aliphatic rings. The lowest BCUT2D eigenvalue weighted by atomic mass is 9.96. The molecule has 0 spiro atoms. The van der Waals surface area contributed by atoms with Crippen LogP contribution in [0.1, 0.15) is 29.5 Å². The molecule has 0 amide bonds. The van der Waals surface area contributed by atoms with Crippen molar-refractivity contribution < 1.29 is 31.1 Å². The van der Waals surface area contributed by atoms with E-state index in [1.807, 2.05) is 0 Å². The lowest BCUT2D eigenvalue weighted by Crippen LogP contribution is -2.13. The maximum Gasteiger partial charge on any atom is 0.416 e. The fourth-order valence-electron chi connectivity index (χ4n) is 1.36. The summed E-state index contributed by atoms with van der Waals surface area (Å²) in [5, 5.41) is -1.03. The lowest BCUT2D eigenvalue weighted by Gasteiger charge is -2.16. The zero-order valence-electron chi connectivity index (χ0n) is 9.36. The van der Waals surface area contributed by atoms with Crippen molar-refractivity contribution in [3.63, 3.8) is 0 Å². The Kier molecular flexibility index (Phi) is 4.19. The molecule has 0 radical (unpaired) electrons. The van der Waals surface area contributed by atoms with Crippen LogP contribution >= 0.6 is 11.6 Å². The molecule has 0 aromatic heterocycles. The van der Waals surface area contributed by atoms with E-state index in [0.29, 0.717) is 12.1 Å². The molecule has 106 valence electrons. The molecule has 0 fully saturated rings. The number of hydrogen-bond acceptors (Lipinski definition) is 1. The van der Waals surface area contributed by atoms with Gasteiger partial charge in [-0.15, -0.1) is 0 Å². The predicted octanol–water partition coefficient (Wildman–Crippen LogP) is 4.59. The number of rotatable bonds is 2. The van der Waals surface area contributed by atoms with Crippen molar-refractivity contribution in [2.24, 2.45) is 0 Å². The molecule has 8 heteroatoms. The monoisotopic (exact) mass is 304 g/mol. The molecule has 1 rings (SSSR count). The van der Waals surface area contributed by atoms with Gasteiger partial charge in [0.05, 0.1) is 17.0 Å². The minimum Gasteiger partial charge on any atom is -0.281 e. The van der Waals surface area contributed by atoms with Crippen molar-refractivity contribution in [1.29, 1.82) is 0 Å². The Bertz CT molecular complexity index is 459. The van der Waals surface area contributed by atoms with Gasteiger partial charge in [-0.05, 0) is 35.4 Å². The Balaban J connectivity index is 3.45. The van der Waals surface area contributed by atoms with E-state index in [9.17, 15) is 31.1 Å². The fourth-order valence-corrected chi connectivity index (χ4v) is 1.49. The molecule has 1 atom stereocenters. The molecule has 0 saturated carbocycles. The topological polar surface area (TPSA) is 17.1 Å². The van der Waals surface area contributed by atoms with Gasteiger partial charge in [0.25, 0.3) is 0 Å². The van der Waals surface area contributed by atoms with Gasteiger partial charge >= 0.3 is 12.4 Å². The zero-order chi connectivity index (χ0) is 15.0. The molecule has 1 aromatic carbocycles. The standard InChI is InChI=1S/C11H7ClF6O/c1-5(9(12)19)6-2-7(10(13,14)15)4-8(3-6)11(16,17)18/h2-5H,1H3. The Morgan fingerprint density at radius 1 is 1.00 bits per heavy atom. The molecule has 0 aliphatic carbocycles. The molecule has 0 N–H and O–H groups in total. The molecule has 1 aromatic rings. The van der Waals surface area contributed by atoms with Crippen LogP contribution in [0.5, 0.6) is 0 Å². The first-order valence-electron chi connectivity index (χ1n) is 4.91. The molecule has 1 nitrogen and oxygen atoms in total. The first-order valence-corrected chi connectivity index (χ1v) is 5.29. The van der Waals surface area contributed by atoms with Crippen LogP contribution in [0.15, 0.2) is 18.2 Å². The van der Waals surface area contributed by atoms with Crippen LogP contribution in [0.2, 0.25) is 0 Å². The van der Waals surface area contributed by atoms with E-state index >= 15 is 0 Å². The second kappa shape index (κ2) is 5.03. The van der Waals surface area contributed by atoms with Crippen LogP contribution in [0.4, 0.5) is 26.3 Å². The van der Waals surface area contributed by atoms with Crippen LogP contribution in [0.25, 0.3) is 0 Å². The molecular formula is C11H7ClF6O. The summed E-state index contributed by atoms with van der Waals surface area (Å²) in [6, 6.07) is 0.968. The highest BCUT2D eigenvalue weighted by molar-refractivity contribution is 6.64. The van der Waals surface area contributed by atoms with Gasteiger partial charge in [-0.1, -0.05) is 6.92 Å². The minimum atomic E-state index is -4.94. The van der Waals surface area contributed by atoms with E-state index in [2.05, 4.69) is 0 Å². The largest absolute Gasteiger partial charge is 0.416 e. The third-order valence-electron chi connectivity index (χ3n) is 2.45. The Morgan fingerprint density at radius 3 is 1.63 bits per heavy atom. The van der Waals surface area contributed by atoms with Gasteiger partial charge in [0, 0.05) is 0 Å². The number of carbonyl (C=O) groups is 1. The van der Waals surface area contributed by atoms with Crippen molar-refractivity contribution in [2.75, 3.05) is 0 Å². The second-order valence-electron chi connectivity index (χ2n) is 3.87. The van der Waals surface area contributed by atoms with Crippen LogP contribution in [-0.2, 0) is 17.1 Å². The van der Waals surface area contributed by atoms with E-state index in [0.717, 1.165) is 6.92 Å². The summed E-state index contributed by atoms with van der Waals surface area (Å²) in [6.45, 7) is 1.13. The van der Waals surface area contributed by atoms with Gasteiger partial charge < -0.3 is 0 Å². The van der Waals surface area contributed by atoms with Crippen LogP contribution in [0.3, 0.4) is 0 Å². The van der Waals surface area contributed by atoms with Crippen molar-refractivity contribution in [3.05, 3.63) is 34.9 Å². The number of hydrogen-bond donors (Lipinski definition) is 0. The minimum absolute atomic E-state index is 0.00503. The van der Waals surface area contributed by atoms with Crippen molar-refractivity contribution in [2.45, 2.75) is 25.2 Å². The van der Waals surface area contributed by atoms with E-state index in [-0.39, 0.29) is 6.07 Å². The Morgan fingerprint density at radius 2 is 1.37 bits per heavy atom. The van der Waals surface area contributed by atoms with Crippen molar-refractivity contribution in [3.8, 4) is 0 Å². The summed E-state index contributed by atoms with van der Waals surface area (Å²) in [4.78, 5) is 10.9. The maximum atomic E-state index is 12.5. The second-order valence-corrected chi connectivity index (χ2v) is 4.24. The van der Waals surface area contributed by atoms with Gasteiger partial charge in [0.2, 0.25) is 5.24 Å². The third kappa shape index (κ3) is 3.86. The van der Waals surface area contributed by atoms with Gasteiger partial charge in [0.15, 0.2) is 0 Å². The molecule has 0 aliphatic heterocycles. The number of alkyl halides is 6. The summed E-state index contributed by atoms with van der Waals surface area (Å²) in [7, 11) is 0. The van der Waals surface area contributed by atoms with Gasteiger partial charge in [-0.3, -0.25) is 4.79 Å².